The van der Waals surface area contributed by atoms with Crippen LogP contribution in [0.1, 0.15) is 19.8 Å². The Bertz CT molecular complexity index is 259. The molecule has 1 rings (SSSR count). The highest BCUT2D eigenvalue weighted by Crippen LogP contribution is 2.21. The third-order valence-corrected chi connectivity index (χ3v) is 3.09. The maximum Gasteiger partial charge on any atom is 0.407 e. The van der Waals surface area contributed by atoms with Crippen LogP contribution in [0.4, 0.5) is 4.79 Å². The van der Waals surface area contributed by atoms with E-state index >= 15 is 0 Å². The number of hydrogen-bond donors (Lipinski definition) is 2. The van der Waals surface area contributed by atoms with Crippen LogP contribution in [0.5, 0.6) is 0 Å². The lowest BCUT2D eigenvalue weighted by molar-refractivity contribution is 0.0755. The highest BCUT2D eigenvalue weighted by molar-refractivity contribution is 7.74. The van der Waals surface area contributed by atoms with Crippen molar-refractivity contribution in [2.45, 2.75) is 25.9 Å². The predicted molar refractivity (Wildman–Crippen MR) is 53.6 cm³/mol. The summed E-state index contributed by atoms with van der Waals surface area (Å²) in [6.07, 6.45) is 0.236. The molecule has 0 bridgehead atoms. The van der Waals surface area contributed by atoms with Crippen molar-refractivity contribution >= 4 is 17.5 Å². The zero-order valence-corrected chi connectivity index (χ0v) is 9.27. The van der Waals surface area contributed by atoms with E-state index in [1.807, 2.05) is 0 Å². The number of hydrogen-bond acceptors (Lipinski definition) is 3. The van der Waals surface area contributed by atoms with Crippen LogP contribution in [-0.4, -0.2) is 44.1 Å². The normalized spacial score (nSPS) is 26.0. The fourth-order valence-corrected chi connectivity index (χ4v) is 2.19. The lowest BCUT2D eigenvalue weighted by Gasteiger charge is -2.33. The molecular weight excluding hydrogens is 222 g/mol. The van der Waals surface area contributed by atoms with Gasteiger partial charge in [0, 0.05) is 19.0 Å². The van der Waals surface area contributed by atoms with E-state index in [1.165, 1.54) is 4.90 Å². The van der Waals surface area contributed by atoms with Gasteiger partial charge in [0.25, 0.3) is 0 Å². The number of carboxylic acid groups (broad SMARTS) is 1. The summed E-state index contributed by atoms with van der Waals surface area (Å²) >= 11 is -2.29. The highest BCUT2D eigenvalue weighted by atomic mass is 32.2. The van der Waals surface area contributed by atoms with Crippen molar-refractivity contribution < 1.29 is 22.8 Å². The average molecular weight is 237 g/mol. The number of carbonyl (C=O) groups is 1. The van der Waals surface area contributed by atoms with Crippen LogP contribution >= 0.6 is 0 Å². The molecule has 2 N–H and O–H groups in total. The van der Waals surface area contributed by atoms with Gasteiger partial charge in [-0.15, -0.1) is 0 Å². The van der Waals surface area contributed by atoms with E-state index in [-0.39, 0.29) is 5.92 Å². The van der Waals surface area contributed by atoms with Gasteiger partial charge in [0.05, 0.1) is 6.10 Å². The summed E-state index contributed by atoms with van der Waals surface area (Å²) in [7, 11) is 0. The standard InChI is InChI=1S/C8H15NO5S/c1-6(14-15(12)13)7-3-2-4-9(5-7)8(10)11/h6-7H,2-5H2,1H3,(H,10,11)(H,12,13)/t6?,7-/m1/s1. The first kappa shape index (κ1) is 12.4. The SMILES string of the molecule is CC(OS(=O)O)[C@@H]1CCCN(C(=O)O)C1. The molecule has 0 spiro atoms. The van der Waals surface area contributed by atoms with Crippen molar-refractivity contribution in [1.29, 1.82) is 0 Å². The Morgan fingerprint density at radius 2 is 2.33 bits per heavy atom. The maximum absolute atomic E-state index is 10.7. The van der Waals surface area contributed by atoms with E-state index in [0.29, 0.717) is 13.1 Å². The van der Waals surface area contributed by atoms with Crippen LogP contribution in [0.15, 0.2) is 0 Å². The number of nitrogens with zero attached hydrogens (tertiary/aromatic N) is 1. The third-order valence-electron chi connectivity index (χ3n) is 2.63. The Labute approximate surface area is 90.7 Å². The molecule has 0 aromatic carbocycles. The van der Waals surface area contributed by atoms with Gasteiger partial charge in [-0.1, -0.05) is 0 Å². The summed E-state index contributed by atoms with van der Waals surface area (Å²) in [5, 5.41) is 8.80. The summed E-state index contributed by atoms with van der Waals surface area (Å²) in [6.45, 7) is 2.58. The summed E-state index contributed by atoms with van der Waals surface area (Å²) < 4.78 is 23.7. The zero-order valence-electron chi connectivity index (χ0n) is 8.46. The van der Waals surface area contributed by atoms with Crippen molar-refractivity contribution in [1.82, 2.24) is 4.90 Å². The number of rotatable bonds is 3. The van der Waals surface area contributed by atoms with Crippen LogP contribution in [0.3, 0.4) is 0 Å². The molecule has 0 radical (unpaired) electrons. The molecule has 0 aromatic heterocycles. The largest absolute Gasteiger partial charge is 0.465 e. The molecule has 7 heteroatoms. The lowest BCUT2D eigenvalue weighted by atomic mass is 9.94. The van der Waals surface area contributed by atoms with Crippen molar-refractivity contribution in [2.75, 3.05) is 13.1 Å². The van der Waals surface area contributed by atoms with Crippen LogP contribution in [0.25, 0.3) is 0 Å². The van der Waals surface area contributed by atoms with Gasteiger partial charge in [-0.05, 0) is 19.8 Å². The van der Waals surface area contributed by atoms with Crippen molar-refractivity contribution in [2.24, 2.45) is 5.92 Å². The van der Waals surface area contributed by atoms with E-state index < -0.39 is 23.6 Å². The molecule has 1 fully saturated rings. The third kappa shape index (κ3) is 3.77. The fraction of sp³-hybridized carbons (Fsp3) is 0.875. The molecule has 1 aliphatic rings. The minimum atomic E-state index is -2.29. The second-order valence-corrected chi connectivity index (χ2v) is 4.28. The Morgan fingerprint density at radius 3 is 2.87 bits per heavy atom. The Morgan fingerprint density at radius 1 is 1.67 bits per heavy atom. The number of piperidine rings is 1. The molecule has 1 amide bonds. The van der Waals surface area contributed by atoms with Crippen LogP contribution in [-0.2, 0) is 15.5 Å². The molecule has 1 heterocycles. The average Bonchev–Trinajstić information content (AvgIpc) is 2.17. The minimum absolute atomic E-state index is 0.00838. The van der Waals surface area contributed by atoms with Gasteiger partial charge in [-0.3, -0.25) is 8.74 Å². The van der Waals surface area contributed by atoms with Gasteiger partial charge in [0.15, 0.2) is 0 Å². The number of likely N-dealkylation sites (tertiary alicyclic amines) is 1. The summed E-state index contributed by atoms with van der Waals surface area (Å²) in [4.78, 5) is 12.0. The maximum atomic E-state index is 10.7. The molecule has 6 nitrogen and oxygen atoms in total. The first-order valence-electron chi connectivity index (χ1n) is 4.76. The van der Waals surface area contributed by atoms with Gasteiger partial charge in [-0.2, -0.15) is 4.21 Å². The van der Waals surface area contributed by atoms with Gasteiger partial charge in [0.1, 0.15) is 0 Å². The molecule has 0 saturated carbocycles. The van der Waals surface area contributed by atoms with E-state index in [9.17, 15) is 9.00 Å². The molecular formula is C8H15NO5S. The van der Waals surface area contributed by atoms with Crippen molar-refractivity contribution in [3.05, 3.63) is 0 Å². The van der Waals surface area contributed by atoms with Crippen LogP contribution in [0.2, 0.25) is 0 Å². The smallest absolute Gasteiger partial charge is 0.407 e. The molecule has 0 aliphatic carbocycles. The fourth-order valence-electron chi connectivity index (χ4n) is 1.78. The first-order valence-corrected chi connectivity index (χ1v) is 5.79. The number of amides is 1. The van der Waals surface area contributed by atoms with E-state index in [1.54, 1.807) is 6.92 Å². The van der Waals surface area contributed by atoms with Crippen LogP contribution < -0.4 is 0 Å². The second kappa shape index (κ2) is 5.43. The molecule has 1 saturated heterocycles. The van der Waals surface area contributed by atoms with Gasteiger partial charge >= 0.3 is 17.5 Å². The zero-order chi connectivity index (χ0) is 11.4. The monoisotopic (exact) mass is 237 g/mol. The van der Waals surface area contributed by atoms with E-state index in [2.05, 4.69) is 0 Å². The molecule has 3 atom stereocenters. The highest BCUT2D eigenvalue weighted by Gasteiger charge is 2.28. The molecule has 2 unspecified atom stereocenters. The Hall–Kier alpha value is -0.660. The van der Waals surface area contributed by atoms with Gasteiger partial charge in [-0.25, -0.2) is 4.79 Å². The topological polar surface area (TPSA) is 87.1 Å². The summed E-state index contributed by atoms with van der Waals surface area (Å²) in [6, 6.07) is 0. The minimum Gasteiger partial charge on any atom is -0.465 e. The second-order valence-electron chi connectivity index (χ2n) is 3.65. The van der Waals surface area contributed by atoms with E-state index in [0.717, 1.165) is 12.8 Å². The quantitative estimate of drug-likeness (QED) is 0.713. The predicted octanol–water partition coefficient (Wildman–Crippen LogP) is 0.918. The molecule has 15 heavy (non-hydrogen) atoms. The summed E-state index contributed by atoms with van der Waals surface area (Å²) in [5.41, 5.74) is 0. The van der Waals surface area contributed by atoms with Crippen LogP contribution in [0, 0.1) is 5.92 Å². The molecule has 88 valence electrons. The first-order chi connectivity index (χ1) is 7.00. The Kier molecular flexibility index (Phi) is 4.49. The summed E-state index contributed by atoms with van der Waals surface area (Å²) in [5.74, 6) is -0.00838. The van der Waals surface area contributed by atoms with Crippen molar-refractivity contribution in [3.63, 3.8) is 0 Å². The van der Waals surface area contributed by atoms with E-state index in [4.69, 9.17) is 13.8 Å². The lowest BCUT2D eigenvalue weighted by Crippen LogP contribution is -2.42. The Balaban J connectivity index is 2.48. The molecule has 1 aliphatic heterocycles. The van der Waals surface area contributed by atoms with Crippen molar-refractivity contribution in [3.8, 4) is 0 Å². The van der Waals surface area contributed by atoms with Gasteiger partial charge < -0.3 is 10.0 Å². The van der Waals surface area contributed by atoms with Gasteiger partial charge in [0.2, 0.25) is 0 Å². The molecule has 0 aromatic rings.